The fraction of sp³-hybridized carbons (Fsp3) is 0.273. The molecule has 0 bridgehead atoms. The van der Waals surface area contributed by atoms with Gasteiger partial charge in [0.1, 0.15) is 17.2 Å². The van der Waals surface area contributed by atoms with E-state index in [2.05, 4.69) is 19.9 Å². The van der Waals surface area contributed by atoms with E-state index >= 15 is 0 Å². The number of hydrogen-bond donors (Lipinski definition) is 0. The van der Waals surface area contributed by atoms with Crippen LogP contribution in [-0.2, 0) is 11.5 Å². The zero-order valence-electron chi connectivity index (χ0n) is 9.55. The van der Waals surface area contributed by atoms with Gasteiger partial charge in [-0.05, 0) is 0 Å². The molecule has 0 saturated carbocycles. The number of methoxy groups -OCH3 is 1. The number of fused-ring (bicyclic) bond motifs is 1. The van der Waals surface area contributed by atoms with Gasteiger partial charge in [0.25, 0.3) is 0 Å². The first-order valence-electron chi connectivity index (χ1n) is 5.27. The van der Waals surface area contributed by atoms with E-state index in [9.17, 15) is 0 Å². The van der Waals surface area contributed by atoms with Crippen molar-refractivity contribution in [3.8, 4) is 17.4 Å². The highest BCUT2D eigenvalue weighted by Crippen LogP contribution is 2.33. The standard InChI is InChI=1S/C11H9ClN4OS/c1-17-9-2-7(13-5-14-9)11-15-8-4-18-3-6(8)10(12)16-11/h2,5H,3-4H2,1H3. The minimum atomic E-state index is 0.481. The fourth-order valence-electron chi connectivity index (χ4n) is 1.70. The number of halogens is 1. The molecule has 7 heteroatoms. The molecule has 0 fully saturated rings. The van der Waals surface area contributed by atoms with E-state index in [1.807, 2.05) is 0 Å². The predicted octanol–water partition coefficient (Wildman–Crippen LogP) is 2.34. The van der Waals surface area contributed by atoms with Crippen LogP contribution < -0.4 is 4.74 Å². The Hall–Kier alpha value is -1.40. The van der Waals surface area contributed by atoms with E-state index in [1.54, 1.807) is 24.9 Å². The van der Waals surface area contributed by atoms with Crippen LogP contribution in [0.4, 0.5) is 0 Å². The number of thioether (sulfide) groups is 1. The molecule has 0 aromatic carbocycles. The van der Waals surface area contributed by atoms with Gasteiger partial charge < -0.3 is 4.74 Å². The maximum absolute atomic E-state index is 6.16. The van der Waals surface area contributed by atoms with Gasteiger partial charge in [-0.15, -0.1) is 0 Å². The number of nitrogens with zero attached hydrogens (tertiary/aromatic N) is 4. The zero-order valence-corrected chi connectivity index (χ0v) is 11.1. The molecule has 5 nitrogen and oxygen atoms in total. The van der Waals surface area contributed by atoms with Crippen LogP contribution in [0.15, 0.2) is 12.4 Å². The van der Waals surface area contributed by atoms with Crippen molar-refractivity contribution in [2.75, 3.05) is 7.11 Å². The molecule has 0 spiro atoms. The minimum Gasteiger partial charge on any atom is -0.481 e. The minimum absolute atomic E-state index is 0.481. The average molecular weight is 281 g/mol. The molecule has 92 valence electrons. The van der Waals surface area contributed by atoms with Gasteiger partial charge >= 0.3 is 0 Å². The summed E-state index contributed by atoms with van der Waals surface area (Å²) < 4.78 is 5.06. The van der Waals surface area contributed by atoms with Crippen molar-refractivity contribution < 1.29 is 4.74 Å². The van der Waals surface area contributed by atoms with Gasteiger partial charge in [-0.25, -0.2) is 19.9 Å². The lowest BCUT2D eigenvalue weighted by Crippen LogP contribution is -1.99. The molecule has 0 saturated heterocycles. The second-order valence-corrected chi connectivity index (χ2v) is 5.05. The third-order valence-electron chi connectivity index (χ3n) is 2.61. The molecule has 1 aliphatic rings. The Morgan fingerprint density at radius 3 is 3.00 bits per heavy atom. The van der Waals surface area contributed by atoms with Gasteiger partial charge in [0.15, 0.2) is 5.82 Å². The van der Waals surface area contributed by atoms with E-state index in [1.165, 1.54) is 6.33 Å². The second-order valence-electron chi connectivity index (χ2n) is 3.70. The smallest absolute Gasteiger partial charge is 0.216 e. The Morgan fingerprint density at radius 2 is 2.17 bits per heavy atom. The maximum Gasteiger partial charge on any atom is 0.216 e. The van der Waals surface area contributed by atoms with E-state index in [0.717, 1.165) is 22.8 Å². The Kier molecular flexibility index (Phi) is 3.05. The average Bonchev–Trinajstić information content (AvgIpc) is 2.87. The lowest BCUT2D eigenvalue weighted by atomic mass is 10.2. The van der Waals surface area contributed by atoms with E-state index in [-0.39, 0.29) is 0 Å². The van der Waals surface area contributed by atoms with Crippen LogP contribution in [0, 0.1) is 0 Å². The van der Waals surface area contributed by atoms with Crippen molar-refractivity contribution >= 4 is 23.4 Å². The lowest BCUT2D eigenvalue weighted by Gasteiger charge is -2.05. The Balaban J connectivity index is 2.09. The third kappa shape index (κ3) is 2.02. The summed E-state index contributed by atoms with van der Waals surface area (Å²) in [5, 5.41) is 0.512. The number of hydrogen-bond acceptors (Lipinski definition) is 6. The quantitative estimate of drug-likeness (QED) is 0.787. The van der Waals surface area contributed by atoms with Gasteiger partial charge in [-0.3, -0.25) is 0 Å². The van der Waals surface area contributed by atoms with Gasteiger partial charge in [0.2, 0.25) is 5.88 Å². The lowest BCUT2D eigenvalue weighted by molar-refractivity contribution is 0.397. The van der Waals surface area contributed by atoms with Crippen LogP contribution >= 0.6 is 23.4 Å². The summed E-state index contributed by atoms with van der Waals surface area (Å²) in [6, 6.07) is 1.69. The van der Waals surface area contributed by atoms with E-state index in [4.69, 9.17) is 16.3 Å². The van der Waals surface area contributed by atoms with Crippen molar-refractivity contribution in [3.63, 3.8) is 0 Å². The molecule has 0 radical (unpaired) electrons. The Labute approximate surface area is 113 Å². The second kappa shape index (κ2) is 4.70. The molecule has 0 aliphatic carbocycles. The molecular weight excluding hydrogens is 272 g/mol. The van der Waals surface area contributed by atoms with Crippen molar-refractivity contribution in [2.24, 2.45) is 0 Å². The molecule has 0 unspecified atom stereocenters. The number of ether oxygens (including phenoxy) is 1. The summed E-state index contributed by atoms with van der Waals surface area (Å²) in [4.78, 5) is 16.9. The molecule has 3 heterocycles. The molecule has 0 N–H and O–H groups in total. The zero-order chi connectivity index (χ0) is 12.5. The summed E-state index contributed by atoms with van der Waals surface area (Å²) in [6.07, 6.45) is 1.42. The number of rotatable bonds is 2. The fourth-order valence-corrected chi connectivity index (χ4v) is 3.08. The van der Waals surface area contributed by atoms with E-state index < -0.39 is 0 Å². The van der Waals surface area contributed by atoms with Crippen molar-refractivity contribution in [3.05, 3.63) is 28.8 Å². The summed E-state index contributed by atoms with van der Waals surface area (Å²) >= 11 is 7.94. The molecule has 2 aromatic rings. The maximum atomic E-state index is 6.16. The van der Waals surface area contributed by atoms with Gasteiger partial charge in [0.05, 0.1) is 12.8 Å². The van der Waals surface area contributed by atoms with Crippen molar-refractivity contribution in [2.45, 2.75) is 11.5 Å². The van der Waals surface area contributed by atoms with Crippen molar-refractivity contribution in [1.29, 1.82) is 0 Å². The first-order valence-corrected chi connectivity index (χ1v) is 6.80. The highest BCUT2D eigenvalue weighted by Gasteiger charge is 2.19. The molecule has 0 atom stereocenters. The predicted molar refractivity (Wildman–Crippen MR) is 69.6 cm³/mol. The number of aromatic nitrogens is 4. The Bertz CT molecular complexity index is 608. The molecule has 3 rings (SSSR count). The SMILES string of the molecule is COc1cc(-c2nc(Cl)c3c(n2)CSC3)ncn1. The molecule has 18 heavy (non-hydrogen) atoms. The molecular formula is C11H9ClN4OS. The van der Waals surface area contributed by atoms with Crippen LogP contribution in [0.5, 0.6) is 5.88 Å². The van der Waals surface area contributed by atoms with Crippen LogP contribution in [0.2, 0.25) is 5.15 Å². The summed E-state index contributed by atoms with van der Waals surface area (Å²) in [5.41, 5.74) is 2.64. The highest BCUT2D eigenvalue weighted by atomic mass is 35.5. The third-order valence-corrected chi connectivity index (χ3v) is 3.89. The van der Waals surface area contributed by atoms with Crippen molar-refractivity contribution in [1.82, 2.24) is 19.9 Å². The summed E-state index contributed by atoms with van der Waals surface area (Å²) in [5.74, 6) is 2.74. The monoisotopic (exact) mass is 280 g/mol. The van der Waals surface area contributed by atoms with Crippen LogP contribution in [0.3, 0.4) is 0 Å². The molecule has 0 amide bonds. The first-order chi connectivity index (χ1) is 8.78. The summed E-state index contributed by atoms with van der Waals surface area (Å²) in [6.45, 7) is 0. The Morgan fingerprint density at radius 1 is 1.28 bits per heavy atom. The largest absolute Gasteiger partial charge is 0.481 e. The van der Waals surface area contributed by atoms with Crippen LogP contribution in [-0.4, -0.2) is 27.0 Å². The normalized spacial score (nSPS) is 13.4. The molecule has 2 aromatic heterocycles. The van der Waals surface area contributed by atoms with Crippen LogP contribution in [0.25, 0.3) is 11.5 Å². The topological polar surface area (TPSA) is 60.8 Å². The molecule has 1 aliphatic heterocycles. The van der Waals surface area contributed by atoms with Gasteiger partial charge in [-0.1, -0.05) is 11.6 Å². The van der Waals surface area contributed by atoms with Gasteiger partial charge in [-0.2, -0.15) is 11.8 Å². The first kappa shape index (κ1) is 11.7. The van der Waals surface area contributed by atoms with Gasteiger partial charge in [0, 0.05) is 23.1 Å². The van der Waals surface area contributed by atoms with E-state index in [0.29, 0.717) is 22.6 Å². The van der Waals surface area contributed by atoms with Crippen LogP contribution in [0.1, 0.15) is 11.3 Å². The highest BCUT2D eigenvalue weighted by molar-refractivity contribution is 7.98. The summed E-state index contributed by atoms with van der Waals surface area (Å²) in [7, 11) is 1.55.